The number of rotatable bonds is 3. The number of nitrogens with one attached hydrogen (secondary N) is 1. The molecule has 0 spiro atoms. The molecule has 5 heteroatoms. The van der Waals surface area contributed by atoms with Gasteiger partial charge in [-0.15, -0.1) is 0 Å². The Labute approximate surface area is 70.5 Å². The van der Waals surface area contributed by atoms with Crippen LogP contribution in [0.5, 0.6) is 0 Å². The van der Waals surface area contributed by atoms with Crippen LogP contribution >= 0.6 is 0 Å². The lowest BCUT2D eigenvalue weighted by atomic mass is 10.3. The fourth-order valence-electron chi connectivity index (χ4n) is 0.658. The van der Waals surface area contributed by atoms with Crippen molar-refractivity contribution in [2.24, 2.45) is 0 Å². The molecular formula is C7H10N2O3. The number of hydrogen-bond donors (Lipinski definition) is 1. The smallest absolute Gasteiger partial charge is 0.336 e. The lowest BCUT2D eigenvalue weighted by molar-refractivity contribution is -0.144. The molecule has 0 saturated heterocycles. The Morgan fingerprint density at radius 2 is 2.25 bits per heavy atom. The Morgan fingerprint density at radius 3 is 2.58 bits per heavy atom. The summed E-state index contributed by atoms with van der Waals surface area (Å²) in [5.74, 6) is -0.949. The van der Waals surface area contributed by atoms with Gasteiger partial charge in [0.2, 0.25) is 12.5 Å². The van der Waals surface area contributed by atoms with Crippen LogP contribution < -0.4 is 5.32 Å². The topological polar surface area (TPSA) is 59.8 Å². The summed E-state index contributed by atoms with van der Waals surface area (Å²) in [5.41, 5.74) is 0. The van der Waals surface area contributed by atoms with Crippen molar-refractivity contribution in [1.29, 1.82) is 0 Å². The Bertz CT molecular complexity index is 219. The first-order valence-electron chi connectivity index (χ1n) is 3.30. The molecule has 1 amide bonds. The van der Waals surface area contributed by atoms with Gasteiger partial charge < -0.3 is 14.9 Å². The fourth-order valence-corrected chi connectivity index (χ4v) is 0.658. The van der Waals surface area contributed by atoms with E-state index in [1.165, 1.54) is 14.0 Å². The lowest BCUT2D eigenvalue weighted by Gasteiger charge is -2.08. The van der Waals surface area contributed by atoms with Crippen LogP contribution in [0.2, 0.25) is 0 Å². The number of amides is 1. The van der Waals surface area contributed by atoms with E-state index >= 15 is 0 Å². The molecule has 0 aliphatic heterocycles. The molecule has 1 atom stereocenters. The molecule has 66 valence electrons. The second kappa shape index (κ2) is 5.13. The quantitative estimate of drug-likeness (QED) is 0.462. The molecule has 0 aliphatic rings. The highest BCUT2D eigenvalue weighted by Crippen LogP contribution is 1.89. The maximum atomic E-state index is 10.9. The van der Waals surface area contributed by atoms with Gasteiger partial charge in [0.25, 0.3) is 0 Å². The molecule has 0 bridgehead atoms. The first-order valence-corrected chi connectivity index (χ1v) is 3.30. The minimum Gasteiger partial charge on any atom is -0.467 e. The predicted molar refractivity (Wildman–Crippen MR) is 41.1 cm³/mol. The van der Waals surface area contributed by atoms with E-state index < -0.39 is 12.0 Å². The highest BCUT2D eigenvalue weighted by atomic mass is 16.5. The largest absolute Gasteiger partial charge is 0.467 e. The summed E-state index contributed by atoms with van der Waals surface area (Å²) in [6.45, 7) is 7.70. The Balaban J connectivity index is 4.14. The second-order valence-electron chi connectivity index (χ2n) is 2.12. The lowest BCUT2D eigenvalue weighted by Crippen LogP contribution is -2.42. The number of esters is 1. The van der Waals surface area contributed by atoms with Crippen LogP contribution in [0.3, 0.4) is 0 Å². The number of carbonyl (C=O) groups excluding carboxylic acids is 2. The van der Waals surface area contributed by atoms with E-state index in [0.29, 0.717) is 0 Å². The van der Waals surface area contributed by atoms with Crippen molar-refractivity contribution in [3.63, 3.8) is 0 Å². The van der Waals surface area contributed by atoms with Crippen molar-refractivity contribution in [2.45, 2.75) is 13.0 Å². The SMILES string of the molecule is [C-]#[N+]C[C@H](NC(C)=O)C(=O)OC. The predicted octanol–water partition coefficient (Wildman–Crippen LogP) is -0.417. The molecule has 12 heavy (non-hydrogen) atoms. The minimum absolute atomic E-state index is 0.0910. The number of ether oxygens (including phenoxy) is 1. The summed E-state index contributed by atoms with van der Waals surface area (Å²) in [7, 11) is 1.21. The van der Waals surface area contributed by atoms with Gasteiger partial charge in [0.1, 0.15) is 0 Å². The molecule has 0 unspecified atom stereocenters. The van der Waals surface area contributed by atoms with Crippen LogP contribution in [-0.4, -0.2) is 31.6 Å². The van der Waals surface area contributed by atoms with E-state index in [9.17, 15) is 9.59 Å². The van der Waals surface area contributed by atoms with Gasteiger partial charge in [-0.25, -0.2) is 11.4 Å². The highest BCUT2D eigenvalue weighted by Gasteiger charge is 2.22. The molecule has 0 aromatic carbocycles. The van der Waals surface area contributed by atoms with Gasteiger partial charge >= 0.3 is 5.97 Å². The van der Waals surface area contributed by atoms with Gasteiger partial charge in [-0.2, -0.15) is 0 Å². The fraction of sp³-hybridized carbons (Fsp3) is 0.571. The molecule has 0 radical (unpaired) electrons. The third-order valence-electron chi connectivity index (χ3n) is 1.14. The standard InChI is InChI=1S/C7H10N2O3/c1-5(10)9-6(4-8-2)7(11)12-3/h6H,4H2,1,3H3,(H,9,10)/t6-/m0/s1. The van der Waals surface area contributed by atoms with Gasteiger partial charge in [-0.1, -0.05) is 0 Å². The van der Waals surface area contributed by atoms with Gasteiger partial charge in [-0.3, -0.25) is 4.79 Å². The zero-order valence-electron chi connectivity index (χ0n) is 6.96. The number of carbonyl (C=O) groups is 2. The maximum Gasteiger partial charge on any atom is 0.336 e. The monoisotopic (exact) mass is 170 g/mol. The van der Waals surface area contributed by atoms with Gasteiger partial charge in [0.05, 0.1) is 7.11 Å². The molecule has 5 nitrogen and oxygen atoms in total. The van der Waals surface area contributed by atoms with E-state index in [4.69, 9.17) is 6.57 Å². The third-order valence-corrected chi connectivity index (χ3v) is 1.14. The first kappa shape index (κ1) is 10.4. The average molecular weight is 170 g/mol. The van der Waals surface area contributed by atoms with Crippen molar-refractivity contribution < 1.29 is 14.3 Å². The Hall–Kier alpha value is -1.57. The molecule has 0 aromatic rings. The van der Waals surface area contributed by atoms with Crippen LogP contribution in [0.15, 0.2) is 0 Å². The van der Waals surface area contributed by atoms with Crippen molar-refractivity contribution in [1.82, 2.24) is 5.32 Å². The normalized spacial score (nSPS) is 11.1. The van der Waals surface area contributed by atoms with Gasteiger partial charge in [-0.05, 0) is 0 Å². The molecule has 1 N–H and O–H groups in total. The van der Waals surface area contributed by atoms with E-state index in [2.05, 4.69) is 14.9 Å². The summed E-state index contributed by atoms with van der Waals surface area (Å²) in [5, 5.41) is 2.30. The average Bonchev–Trinajstić information content (AvgIpc) is 2.01. The van der Waals surface area contributed by atoms with Crippen LogP contribution in [0.4, 0.5) is 0 Å². The van der Waals surface area contributed by atoms with E-state index in [1.54, 1.807) is 0 Å². The molecule has 0 rings (SSSR count). The maximum absolute atomic E-state index is 10.9. The third kappa shape index (κ3) is 3.56. The summed E-state index contributed by atoms with van der Waals surface area (Å²) < 4.78 is 4.37. The van der Waals surface area contributed by atoms with Crippen molar-refractivity contribution in [3.05, 3.63) is 11.4 Å². The Morgan fingerprint density at radius 1 is 1.67 bits per heavy atom. The summed E-state index contributed by atoms with van der Waals surface area (Å²) in [4.78, 5) is 24.4. The van der Waals surface area contributed by atoms with Crippen molar-refractivity contribution in [3.8, 4) is 0 Å². The molecule has 0 fully saturated rings. The van der Waals surface area contributed by atoms with E-state index in [-0.39, 0.29) is 12.5 Å². The molecule has 0 aliphatic carbocycles. The van der Waals surface area contributed by atoms with Crippen LogP contribution in [0, 0.1) is 6.57 Å². The zero-order chi connectivity index (χ0) is 9.56. The Kier molecular flexibility index (Phi) is 4.46. The zero-order valence-corrected chi connectivity index (χ0v) is 6.96. The van der Waals surface area contributed by atoms with Gasteiger partial charge in [0, 0.05) is 6.92 Å². The number of nitrogens with zero attached hydrogens (tertiary/aromatic N) is 1. The van der Waals surface area contributed by atoms with Crippen LogP contribution in [0.1, 0.15) is 6.92 Å². The minimum atomic E-state index is -0.843. The van der Waals surface area contributed by atoms with Crippen molar-refractivity contribution in [2.75, 3.05) is 13.7 Å². The second-order valence-corrected chi connectivity index (χ2v) is 2.12. The molecule has 0 aromatic heterocycles. The summed E-state index contributed by atoms with van der Waals surface area (Å²) in [6, 6.07) is -0.843. The molecule has 0 heterocycles. The molecular weight excluding hydrogens is 160 g/mol. The number of hydrogen-bond acceptors (Lipinski definition) is 3. The van der Waals surface area contributed by atoms with Crippen LogP contribution in [-0.2, 0) is 14.3 Å². The van der Waals surface area contributed by atoms with E-state index in [0.717, 1.165) is 0 Å². The van der Waals surface area contributed by atoms with Crippen molar-refractivity contribution >= 4 is 11.9 Å². The van der Waals surface area contributed by atoms with Gasteiger partial charge in [0.15, 0.2) is 6.04 Å². The summed E-state index contributed by atoms with van der Waals surface area (Å²) >= 11 is 0. The number of methoxy groups -OCH3 is 1. The first-order chi connectivity index (χ1) is 5.61. The summed E-state index contributed by atoms with van der Waals surface area (Å²) in [6.07, 6.45) is 0. The van der Waals surface area contributed by atoms with Crippen LogP contribution in [0.25, 0.3) is 4.85 Å². The van der Waals surface area contributed by atoms with E-state index in [1.807, 2.05) is 0 Å². The highest BCUT2D eigenvalue weighted by molar-refractivity contribution is 5.83. The molecule has 0 saturated carbocycles.